The molecule has 1 aromatic rings. The number of halogens is 1. The van der Waals surface area contributed by atoms with Crippen molar-refractivity contribution < 1.29 is 9.47 Å². The van der Waals surface area contributed by atoms with Crippen LogP contribution in [0.25, 0.3) is 0 Å². The molecule has 148 valence electrons. The highest BCUT2D eigenvalue weighted by Gasteiger charge is 2.34. The van der Waals surface area contributed by atoms with Crippen LogP contribution in [-0.4, -0.2) is 40.3 Å². The van der Waals surface area contributed by atoms with Crippen LogP contribution in [0, 0.1) is 5.41 Å². The third kappa shape index (κ3) is 6.21. The van der Waals surface area contributed by atoms with Gasteiger partial charge in [0.05, 0.1) is 14.2 Å². The van der Waals surface area contributed by atoms with Gasteiger partial charge in [0.2, 0.25) is 0 Å². The molecule has 0 unspecified atom stereocenters. The second-order valence-corrected chi connectivity index (χ2v) is 6.85. The average Bonchev–Trinajstić information content (AvgIpc) is 2.62. The lowest BCUT2D eigenvalue weighted by Gasteiger charge is -2.41. The minimum atomic E-state index is 0. The molecule has 0 aliphatic heterocycles. The van der Waals surface area contributed by atoms with Gasteiger partial charge in [-0.2, -0.15) is 0 Å². The van der Waals surface area contributed by atoms with Gasteiger partial charge in [-0.3, -0.25) is 4.99 Å². The Hall–Kier alpha value is -1.18. The van der Waals surface area contributed by atoms with E-state index in [0.717, 1.165) is 43.4 Å². The van der Waals surface area contributed by atoms with Crippen LogP contribution >= 0.6 is 24.0 Å². The Kier molecular flexibility index (Phi) is 10.1. The van der Waals surface area contributed by atoms with Gasteiger partial charge in [0.25, 0.3) is 0 Å². The van der Waals surface area contributed by atoms with E-state index in [1.807, 2.05) is 19.2 Å². The van der Waals surface area contributed by atoms with Gasteiger partial charge >= 0.3 is 0 Å². The number of hydrogen-bond acceptors (Lipinski definition) is 3. The molecule has 0 radical (unpaired) electrons. The lowest BCUT2D eigenvalue weighted by Crippen LogP contribution is -2.46. The van der Waals surface area contributed by atoms with Gasteiger partial charge in [0.15, 0.2) is 17.5 Å². The molecule has 0 heterocycles. The number of ether oxygens (including phenoxy) is 2. The highest BCUT2D eigenvalue weighted by Crippen LogP contribution is 2.42. The lowest BCUT2D eigenvalue weighted by atomic mass is 9.67. The number of guanidine groups is 1. The van der Waals surface area contributed by atoms with Crippen molar-refractivity contribution in [2.75, 3.05) is 34.4 Å². The highest BCUT2D eigenvalue weighted by atomic mass is 127. The summed E-state index contributed by atoms with van der Waals surface area (Å²) >= 11 is 0. The van der Waals surface area contributed by atoms with E-state index in [-0.39, 0.29) is 24.0 Å². The van der Waals surface area contributed by atoms with Crippen LogP contribution in [0.3, 0.4) is 0 Å². The molecule has 1 saturated carbocycles. The molecule has 1 aliphatic rings. The standard InChI is InChI=1S/C20H33N3O2.HI/c1-5-20(11-7-12-20)15-23-19(21-2)22-13-6-8-16-9-10-17(24-3)18(14-16)25-4;/h9-10,14H,5-8,11-13,15H2,1-4H3,(H2,21,22,23);1H. The van der Waals surface area contributed by atoms with Gasteiger partial charge in [0, 0.05) is 20.1 Å². The first-order valence-corrected chi connectivity index (χ1v) is 9.32. The SMILES string of the molecule is CCC1(CNC(=NC)NCCCc2ccc(OC)c(OC)c2)CCC1.I. The van der Waals surface area contributed by atoms with E-state index in [2.05, 4.69) is 28.6 Å². The van der Waals surface area contributed by atoms with Crippen molar-refractivity contribution >= 4 is 29.9 Å². The molecule has 1 fully saturated rings. The molecule has 2 rings (SSSR count). The number of rotatable bonds is 9. The molecular formula is C20H34IN3O2. The highest BCUT2D eigenvalue weighted by molar-refractivity contribution is 14.0. The maximum absolute atomic E-state index is 5.36. The topological polar surface area (TPSA) is 54.9 Å². The van der Waals surface area contributed by atoms with Crippen molar-refractivity contribution in [2.24, 2.45) is 10.4 Å². The number of hydrogen-bond donors (Lipinski definition) is 2. The normalized spacial score (nSPS) is 15.5. The summed E-state index contributed by atoms with van der Waals surface area (Å²) in [6, 6.07) is 6.11. The summed E-state index contributed by atoms with van der Waals surface area (Å²) in [5, 5.41) is 6.92. The first-order chi connectivity index (χ1) is 12.2. The van der Waals surface area contributed by atoms with Crippen molar-refractivity contribution in [3.63, 3.8) is 0 Å². The number of nitrogens with one attached hydrogen (secondary N) is 2. The minimum absolute atomic E-state index is 0. The van der Waals surface area contributed by atoms with E-state index >= 15 is 0 Å². The largest absolute Gasteiger partial charge is 0.493 e. The summed E-state index contributed by atoms with van der Waals surface area (Å²) in [6.07, 6.45) is 7.32. The second kappa shape index (κ2) is 11.5. The van der Waals surface area contributed by atoms with Crippen LogP contribution in [0.2, 0.25) is 0 Å². The maximum Gasteiger partial charge on any atom is 0.190 e. The Balaban J connectivity index is 0.00000338. The van der Waals surface area contributed by atoms with E-state index in [9.17, 15) is 0 Å². The van der Waals surface area contributed by atoms with E-state index in [1.54, 1.807) is 14.2 Å². The fourth-order valence-electron chi connectivity index (χ4n) is 3.36. The quantitative estimate of drug-likeness (QED) is 0.246. The summed E-state index contributed by atoms with van der Waals surface area (Å²) in [5.74, 6) is 2.47. The molecule has 6 heteroatoms. The number of nitrogens with zero attached hydrogens (tertiary/aromatic N) is 1. The summed E-state index contributed by atoms with van der Waals surface area (Å²) in [4.78, 5) is 4.34. The molecule has 1 aliphatic carbocycles. The summed E-state index contributed by atoms with van der Waals surface area (Å²) < 4.78 is 10.6. The molecule has 2 N–H and O–H groups in total. The molecule has 26 heavy (non-hydrogen) atoms. The van der Waals surface area contributed by atoms with Crippen LogP contribution in [0.1, 0.15) is 44.6 Å². The Labute approximate surface area is 175 Å². The van der Waals surface area contributed by atoms with Gasteiger partial charge in [-0.15, -0.1) is 24.0 Å². The average molecular weight is 475 g/mol. The van der Waals surface area contributed by atoms with Crippen molar-refractivity contribution in [1.29, 1.82) is 0 Å². The predicted octanol–water partition coefficient (Wildman–Crippen LogP) is 4.00. The number of benzene rings is 1. The fourth-order valence-corrected chi connectivity index (χ4v) is 3.36. The number of aliphatic imine (C=N–C) groups is 1. The zero-order valence-corrected chi connectivity index (χ0v) is 18.9. The third-order valence-electron chi connectivity index (χ3n) is 5.40. The lowest BCUT2D eigenvalue weighted by molar-refractivity contribution is 0.131. The predicted molar refractivity (Wildman–Crippen MR) is 119 cm³/mol. The number of aryl methyl sites for hydroxylation is 1. The zero-order valence-electron chi connectivity index (χ0n) is 16.6. The third-order valence-corrected chi connectivity index (χ3v) is 5.40. The fraction of sp³-hybridized carbons (Fsp3) is 0.650. The van der Waals surface area contributed by atoms with Crippen LogP contribution in [-0.2, 0) is 6.42 Å². The molecule has 0 amide bonds. The van der Waals surface area contributed by atoms with Crippen LogP contribution in [0.15, 0.2) is 23.2 Å². The Morgan fingerprint density at radius 1 is 1.15 bits per heavy atom. The minimum Gasteiger partial charge on any atom is -0.493 e. The molecule has 0 bridgehead atoms. The van der Waals surface area contributed by atoms with Gasteiger partial charge in [-0.25, -0.2) is 0 Å². The van der Waals surface area contributed by atoms with Crippen LogP contribution in [0.5, 0.6) is 11.5 Å². The van der Waals surface area contributed by atoms with E-state index in [1.165, 1.54) is 31.2 Å². The number of methoxy groups -OCH3 is 2. The van der Waals surface area contributed by atoms with E-state index in [0.29, 0.717) is 5.41 Å². The molecule has 0 spiro atoms. The van der Waals surface area contributed by atoms with Gasteiger partial charge in [0.1, 0.15) is 0 Å². The maximum atomic E-state index is 5.36. The Morgan fingerprint density at radius 2 is 1.88 bits per heavy atom. The van der Waals surface area contributed by atoms with E-state index in [4.69, 9.17) is 9.47 Å². The van der Waals surface area contributed by atoms with Gasteiger partial charge < -0.3 is 20.1 Å². The monoisotopic (exact) mass is 475 g/mol. The first-order valence-electron chi connectivity index (χ1n) is 9.32. The van der Waals surface area contributed by atoms with Crippen LogP contribution in [0.4, 0.5) is 0 Å². The van der Waals surface area contributed by atoms with Crippen molar-refractivity contribution in [3.8, 4) is 11.5 Å². The Bertz CT molecular complexity index is 569. The smallest absolute Gasteiger partial charge is 0.190 e. The summed E-state index contributed by atoms with van der Waals surface area (Å²) in [7, 11) is 5.17. The summed E-state index contributed by atoms with van der Waals surface area (Å²) in [6.45, 7) is 4.21. The van der Waals surface area contributed by atoms with Gasteiger partial charge in [-0.1, -0.05) is 19.4 Å². The zero-order chi connectivity index (χ0) is 18.1. The van der Waals surface area contributed by atoms with E-state index < -0.39 is 0 Å². The molecule has 0 aromatic heterocycles. The molecule has 0 atom stereocenters. The van der Waals surface area contributed by atoms with Crippen molar-refractivity contribution in [3.05, 3.63) is 23.8 Å². The van der Waals surface area contributed by atoms with Crippen molar-refractivity contribution in [1.82, 2.24) is 10.6 Å². The first kappa shape index (κ1) is 22.9. The van der Waals surface area contributed by atoms with Crippen LogP contribution < -0.4 is 20.1 Å². The van der Waals surface area contributed by atoms with Gasteiger partial charge in [-0.05, 0) is 55.2 Å². The molecule has 5 nitrogen and oxygen atoms in total. The summed E-state index contributed by atoms with van der Waals surface area (Å²) in [5.41, 5.74) is 1.75. The molecule has 1 aromatic carbocycles. The second-order valence-electron chi connectivity index (χ2n) is 6.85. The molecule has 0 saturated heterocycles. The Morgan fingerprint density at radius 3 is 2.42 bits per heavy atom. The molecular weight excluding hydrogens is 441 g/mol. The van der Waals surface area contributed by atoms with Crippen molar-refractivity contribution in [2.45, 2.75) is 45.4 Å².